The Hall–Kier alpha value is -2.27. The van der Waals surface area contributed by atoms with E-state index in [2.05, 4.69) is 4.90 Å². The van der Waals surface area contributed by atoms with Gasteiger partial charge in [0.25, 0.3) is 0 Å². The maximum atomic E-state index is 13.8. The Bertz CT molecular complexity index is 820. The molecule has 2 atom stereocenters. The topological polar surface area (TPSA) is 40.5 Å². The van der Waals surface area contributed by atoms with Gasteiger partial charge < -0.3 is 10.0 Å². The zero-order chi connectivity index (χ0) is 18.8. The SMILES string of the molecule is CN(C)CC1CCc2cc(F)ccc2C1Cc1cc(F)ccc1C(=O)O. The van der Waals surface area contributed by atoms with Crippen molar-refractivity contribution in [1.29, 1.82) is 0 Å². The van der Waals surface area contributed by atoms with Crippen molar-refractivity contribution >= 4 is 5.97 Å². The van der Waals surface area contributed by atoms with Crippen LogP contribution in [0.2, 0.25) is 0 Å². The maximum absolute atomic E-state index is 13.8. The van der Waals surface area contributed by atoms with Crippen LogP contribution < -0.4 is 0 Å². The Kier molecular flexibility index (Phi) is 5.37. The zero-order valence-electron chi connectivity index (χ0n) is 15.0. The summed E-state index contributed by atoms with van der Waals surface area (Å²) in [5.41, 5.74) is 2.64. The summed E-state index contributed by atoms with van der Waals surface area (Å²) in [6.07, 6.45) is 2.13. The first-order chi connectivity index (χ1) is 12.3. The summed E-state index contributed by atoms with van der Waals surface area (Å²) in [5, 5.41) is 9.45. The third-order valence-electron chi connectivity index (χ3n) is 5.20. The van der Waals surface area contributed by atoms with E-state index in [1.54, 1.807) is 12.1 Å². The Morgan fingerprint density at radius 2 is 1.85 bits per heavy atom. The van der Waals surface area contributed by atoms with Crippen LogP contribution in [0.5, 0.6) is 0 Å². The van der Waals surface area contributed by atoms with Crippen molar-refractivity contribution in [2.45, 2.75) is 25.2 Å². The van der Waals surface area contributed by atoms with E-state index >= 15 is 0 Å². The Labute approximate surface area is 152 Å². The van der Waals surface area contributed by atoms with Gasteiger partial charge in [-0.2, -0.15) is 0 Å². The molecule has 0 saturated carbocycles. The molecule has 3 rings (SSSR count). The lowest BCUT2D eigenvalue weighted by molar-refractivity contribution is 0.0695. The Balaban J connectivity index is 2.02. The number of hydrogen-bond acceptors (Lipinski definition) is 2. The molecule has 0 fully saturated rings. The molecule has 0 saturated heterocycles. The molecule has 0 heterocycles. The highest BCUT2D eigenvalue weighted by Crippen LogP contribution is 2.39. The van der Waals surface area contributed by atoms with E-state index in [-0.39, 0.29) is 17.3 Å². The minimum absolute atomic E-state index is 0.0293. The number of benzene rings is 2. The largest absolute Gasteiger partial charge is 0.478 e. The smallest absolute Gasteiger partial charge is 0.335 e. The molecule has 26 heavy (non-hydrogen) atoms. The Morgan fingerprint density at radius 1 is 1.15 bits per heavy atom. The van der Waals surface area contributed by atoms with E-state index < -0.39 is 11.8 Å². The highest BCUT2D eigenvalue weighted by molar-refractivity contribution is 5.89. The van der Waals surface area contributed by atoms with Crippen LogP contribution in [0.25, 0.3) is 0 Å². The lowest BCUT2D eigenvalue weighted by Crippen LogP contribution is -2.31. The highest BCUT2D eigenvalue weighted by Gasteiger charge is 2.31. The van der Waals surface area contributed by atoms with E-state index in [1.165, 1.54) is 24.3 Å². The lowest BCUT2D eigenvalue weighted by Gasteiger charge is -2.35. The van der Waals surface area contributed by atoms with Gasteiger partial charge in [-0.1, -0.05) is 6.07 Å². The zero-order valence-corrected chi connectivity index (χ0v) is 15.0. The summed E-state index contributed by atoms with van der Waals surface area (Å²) >= 11 is 0. The van der Waals surface area contributed by atoms with Crippen LogP contribution in [0.4, 0.5) is 8.78 Å². The molecule has 0 aliphatic heterocycles. The summed E-state index contributed by atoms with van der Waals surface area (Å²) in [4.78, 5) is 13.7. The van der Waals surface area contributed by atoms with E-state index in [1.807, 2.05) is 14.1 Å². The van der Waals surface area contributed by atoms with Gasteiger partial charge in [-0.25, -0.2) is 13.6 Å². The van der Waals surface area contributed by atoms with Crippen molar-refractivity contribution in [3.05, 3.63) is 70.3 Å². The fourth-order valence-corrected chi connectivity index (χ4v) is 4.09. The monoisotopic (exact) mass is 359 g/mol. The summed E-state index contributed by atoms with van der Waals surface area (Å²) in [5.74, 6) is -1.43. The number of aromatic carboxylic acids is 1. The van der Waals surface area contributed by atoms with Crippen LogP contribution in [-0.2, 0) is 12.8 Å². The number of rotatable bonds is 5. The quantitative estimate of drug-likeness (QED) is 0.873. The Morgan fingerprint density at radius 3 is 2.54 bits per heavy atom. The number of halogens is 2. The van der Waals surface area contributed by atoms with Crippen LogP contribution >= 0.6 is 0 Å². The minimum atomic E-state index is -1.06. The fourth-order valence-electron chi connectivity index (χ4n) is 4.09. The molecule has 2 aromatic carbocycles. The molecule has 3 nitrogen and oxygen atoms in total. The second-order valence-corrected chi connectivity index (χ2v) is 7.32. The van der Waals surface area contributed by atoms with Crippen molar-refractivity contribution in [3.8, 4) is 0 Å². The number of carboxylic acid groups (broad SMARTS) is 1. The van der Waals surface area contributed by atoms with Gasteiger partial charge in [-0.05, 0) is 92.2 Å². The van der Waals surface area contributed by atoms with Gasteiger partial charge in [0.1, 0.15) is 11.6 Å². The third-order valence-corrected chi connectivity index (χ3v) is 5.20. The summed E-state index contributed by atoms with van der Waals surface area (Å²) in [7, 11) is 4.00. The molecule has 0 spiro atoms. The molecule has 0 amide bonds. The van der Waals surface area contributed by atoms with Crippen molar-refractivity contribution in [2.75, 3.05) is 20.6 Å². The van der Waals surface area contributed by atoms with E-state index in [9.17, 15) is 18.7 Å². The van der Waals surface area contributed by atoms with Crippen molar-refractivity contribution in [1.82, 2.24) is 4.90 Å². The van der Waals surface area contributed by atoms with Gasteiger partial charge in [0.15, 0.2) is 0 Å². The number of aryl methyl sites for hydroxylation is 1. The van der Waals surface area contributed by atoms with Gasteiger partial charge in [0.05, 0.1) is 5.56 Å². The highest BCUT2D eigenvalue weighted by atomic mass is 19.1. The average Bonchev–Trinajstić information content (AvgIpc) is 2.56. The van der Waals surface area contributed by atoms with Gasteiger partial charge in [0.2, 0.25) is 0 Å². The predicted molar refractivity (Wildman–Crippen MR) is 96.6 cm³/mol. The normalized spacial score (nSPS) is 19.4. The van der Waals surface area contributed by atoms with E-state index in [4.69, 9.17) is 0 Å². The molecule has 138 valence electrons. The molecular weight excluding hydrogens is 336 g/mol. The maximum Gasteiger partial charge on any atom is 0.335 e. The van der Waals surface area contributed by atoms with Crippen molar-refractivity contribution in [3.63, 3.8) is 0 Å². The molecule has 0 radical (unpaired) electrons. The number of hydrogen-bond donors (Lipinski definition) is 1. The van der Waals surface area contributed by atoms with Crippen LogP contribution in [0, 0.1) is 17.6 Å². The predicted octanol–water partition coefficient (Wildman–Crippen LogP) is 4.11. The molecule has 1 N–H and O–H groups in total. The number of nitrogens with zero attached hydrogens (tertiary/aromatic N) is 1. The van der Waals surface area contributed by atoms with Crippen LogP contribution in [0.15, 0.2) is 36.4 Å². The number of fused-ring (bicyclic) bond motifs is 1. The van der Waals surface area contributed by atoms with Gasteiger partial charge >= 0.3 is 5.97 Å². The molecule has 2 unspecified atom stereocenters. The average molecular weight is 359 g/mol. The first-order valence-electron chi connectivity index (χ1n) is 8.80. The van der Waals surface area contributed by atoms with E-state index in [0.717, 1.165) is 30.5 Å². The molecule has 0 bridgehead atoms. The van der Waals surface area contributed by atoms with Crippen LogP contribution in [0.3, 0.4) is 0 Å². The lowest BCUT2D eigenvalue weighted by atomic mass is 9.72. The number of carbonyl (C=O) groups is 1. The van der Waals surface area contributed by atoms with Gasteiger partial charge in [0, 0.05) is 6.54 Å². The van der Waals surface area contributed by atoms with Crippen LogP contribution in [0.1, 0.15) is 39.4 Å². The summed E-state index contributed by atoms with van der Waals surface area (Å²) < 4.78 is 27.4. The number of carboxylic acids is 1. The summed E-state index contributed by atoms with van der Waals surface area (Å²) in [6.45, 7) is 0.846. The second kappa shape index (κ2) is 7.54. The third kappa shape index (κ3) is 3.93. The minimum Gasteiger partial charge on any atom is -0.478 e. The van der Waals surface area contributed by atoms with Crippen molar-refractivity contribution < 1.29 is 18.7 Å². The summed E-state index contributed by atoms with van der Waals surface area (Å²) in [6, 6.07) is 8.63. The molecule has 2 aromatic rings. The molecular formula is C21H23F2NO2. The second-order valence-electron chi connectivity index (χ2n) is 7.32. The first kappa shape index (κ1) is 18.5. The fraction of sp³-hybridized carbons (Fsp3) is 0.381. The van der Waals surface area contributed by atoms with Gasteiger partial charge in [-0.15, -0.1) is 0 Å². The molecule has 0 aromatic heterocycles. The molecule has 1 aliphatic rings. The van der Waals surface area contributed by atoms with Gasteiger partial charge in [-0.3, -0.25) is 0 Å². The van der Waals surface area contributed by atoms with E-state index in [0.29, 0.717) is 17.9 Å². The van der Waals surface area contributed by atoms with Crippen molar-refractivity contribution in [2.24, 2.45) is 5.92 Å². The van der Waals surface area contributed by atoms with Crippen LogP contribution in [-0.4, -0.2) is 36.6 Å². The molecule has 1 aliphatic carbocycles. The standard InChI is InChI=1S/C21H23F2NO2/c1-24(2)12-14-4-3-13-9-16(22)5-7-18(13)20(14)11-15-10-17(23)6-8-19(15)21(25)26/h5-10,14,20H,3-4,11-12H2,1-2H3,(H,25,26). The first-order valence-corrected chi connectivity index (χ1v) is 8.80. The molecule has 5 heteroatoms.